The molecular formula is C18H22Cl2N4O4. The number of carbonyl (C=O) groups is 1. The number of hydrogen-bond acceptors (Lipinski definition) is 5. The van der Waals surface area contributed by atoms with Crippen LogP contribution in [0.3, 0.4) is 0 Å². The fourth-order valence-corrected chi connectivity index (χ4v) is 3.23. The second kappa shape index (κ2) is 9.77. The Kier molecular flexibility index (Phi) is 7.68. The summed E-state index contributed by atoms with van der Waals surface area (Å²) in [6.07, 6.45) is 0.549. The summed E-state index contributed by atoms with van der Waals surface area (Å²) < 4.78 is 6.29. The Balaban J connectivity index is 2.48. The molecule has 0 radical (unpaired) electrons. The van der Waals surface area contributed by atoms with E-state index in [1.807, 2.05) is 6.92 Å². The van der Waals surface area contributed by atoms with Crippen LogP contribution in [0.5, 0.6) is 0 Å². The fourth-order valence-electron chi connectivity index (χ4n) is 2.75. The van der Waals surface area contributed by atoms with E-state index in [9.17, 15) is 14.4 Å². The molecule has 152 valence electrons. The lowest BCUT2D eigenvalue weighted by atomic mass is 10.1. The first kappa shape index (κ1) is 22.0. The van der Waals surface area contributed by atoms with Gasteiger partial charge in [0.15, 0.2) is 5.69 Å². The molecule has 1 aromatic carbocycles. The van der Waals surface area contributed by atoms with Crippen molar-refractivity contribution in [1.82, 2.24) is 9.55 Å². The summed E-state index contributed by atoms with van der Waals surface area (Å²) in [5.74, 6) is -0.484. The van der Waals surface area contributed by atoms with E-state index < -0.39 is 17.2 Å². The third-order valence-electron chi connectivity index (χ3n) is 4.11. The molecule has 0 spiro atoms. The molecule has 28 heavy (non-hydrogen) atoms. The first-order valence-electron chi connectivity index (χ1n) is 8.66. The van der Waals surface area contributed by atoms with Crippen LogP contribution in [-0.2, 0) is 22.5 Å². The number of aromatic nitrogens is 2. The molecule has 1 heterocycles. The summed E-state index contributed by atoms with van der Waals surface area (Å²) >= 11 is 12.1. The Bertz CT molecular complexity index is 971. The molecule has 3 N–H and O–H groups in total. The Labute approximate surface area is 171 Å². The van der Waals surface area contributed by atoms with Crippen LogP contribution in [0, 0.1) is 0 Å². The van der Waals surface area contributed by atoms with Crippen molar-refractivity contribution in [3.05, 3.63) is 54.6 Å². The molecule has 10 heteroatoms. The van der Waals surface area contributed by atoms with E-state index in [1.165, 1.54) is 22.6 Å². The molecule has 0 saturated carbocycles. The van der Waals surface area contributed by atoms with Crippen molar-refractivity contribution in [3.8, 4) is 0 Å². The minimum absolute atomic E-state index is 0.0674. The van der Waals surface area contributed by atoms with Gasteiger partial charge >= 0.3 is 5.69 Å². The number of nitrogens with zero attached hydrogens (tertiary/aromatic N) is 2. The van der Waals surface area contributed by atoms with Gasteiger partial charge in [-0.2, -0.15) is 0 Å². The standard InChI is InChI=1S/C18H22Cl2N4O4/c1-3-6-24-16(21)15(17(26)22-18(24)27)23(7-8-28-2)14(25)9-11-4-5-12(19)10-13(11)20/h4-5,10H,3,6-9,21H2,1-2H3,(H,22,26,27). The highest BCUT2D eigenvalue weighted by molar-refractivity contribution is 6.35. The summed E-state index contributed by atoms with van der Waals surface area (Å²) in [4.78, 5) is 40.9. The lowest BCUT2D eigenvalue weighted by Crippen LogP contribution is -2.43. The summed E-state index contributed by atoms with van der Waals surface area (Å²) in [6.45, 7) is 2.43. The van der Waals surface area contributed by atoms with Crippen LogP contribution in [-0.4, -0.2) is 35.7 Å². The molecule has 0 fully saturated rings. The number of nitrogens with two attached hydrogens (primary N) is 1. The number of halogens is 2. The van der Waals surface area contributed by atoms with Crippen molar-refractivity contribution >= 4 is 40.6 Å². The van der Waals surface area contributed by atoms with Gasteiger partial charge in [0, 0.05) is 30.2 Å². The Morgan fingerprint density at radius 1 is 1.32 bits per heavy atom. The van der Waals surface area contributed by atoms with Gasteiger partial charge in [0.25, 0.3) is 5.56 Å². The van der Waals surface area contributed by atoms with Crippen molar-refractivity contribution in [3.63, 3.8) is 0 Å². The van der Waals surface area contributed by atoms with Crippen molar-refractivity contribution in [2.24, 2.45) is 0 Å². The normalized spacial score (nSPS) is 10.9. The van der Waals surface area contributed by atoms with Crippen molar-refractivity contribution in [2.75, 3.05) is 30.9 Å². The molecule has 0 atom stereocenters. The third-order valence-corrected chi connectivity index (χ3v) is 4.70. The molecular weight excluding hydrogens is 407 g/mol. The second-order valence-corrected chi connectivity index (χ2v) is 6.94. The first-order valence-corrected chi connectivity index (χ1v) is 9.41. The molecule has 0 unspecified atom stereocenters. The number of carbonyl (C=O) groups excluding carboxylic acids is 1. The van der Waals surface area contributed by atoms with Gasteiger partial charge in [0.1, 0.15) is 5.82 Å². The number of methoxy groups -OCH3 is 1. The number of aromatic amines is 1. The number of benzene rings is 1. The van der Waals surface area contributed by atoms with Gasteiger partial charge in [0.2, 0.25) is 5.91 Å². The Hall–Kier alpha value is -2.29. The summed E-state index contributed by atoms with van der Waals surface area (Å²) in [5.41, 5.74) is 5.21. The van der Waals surface area contributed by atoms with Crippen LogP contribution in [0.4, 0.5) is 11.5 Å². The van der Waals surface area contributed by atoms with E-state index >= 15 is 0 Å². The lowest BCUT2D eigenvalue weighted by Gasteiger charge is -2.24. The molecule has 0 bridgehead atoms. The van der Waals surface area contributed by atoms with E-state index in [0.717, 1.165) is 0 Å². The number of nitrogens with one attached hydrogen (secondary N) is 1. The predicted octanol–water partition coefficient (Wildman–Crippen LogP) is 2.06. The minimum atomic E-state index is -0.735. The molecule has 0 saturated heterocycles. The predicted molar refractivity (Wildman–Crippen MR) is 110 cm³/mol. The van der Waals surface area contributed by atoms with Crippen LogP contribution in [0.15, 0.2) is 27.8 Å². The number of nitrogen functional groups attached to an aromatic ring is 1. The van der Waals surface area contributed by atoms with E-state index in [0.29, 0.717) is 28.6 Å². The second-order valence-electron chi connectivity index (χ2n) is 6.10. The van der Waals surface area contributed by atoms with Crippen LogP contribution in [0.1, 0.15) is 18.9 Å². The number of anilines is 2. The largest absolute Gasteiger partial charge is 0.383 e. The van der Waals surface area contributed by atoms with E-state index in [1.54, 1.807) is 12.1 Å². The average Bonchev–Trinajstić information content (AvgIpc) is 2.63. The zero-order chi connectivity index (χ0) is 20.8. The third kappa shape index (κ3) is 4.95. The maximum atomic E-state index is 13.0. The molecule has 2 rings (SSSR count). The number of amides is 1. The minimum Gasteiger partial charge on any atom is -0.383 e. The van der Waals surface area contributed by atoms with E-state index in [2.05, 4.69) is 4.98 Å². The van der Waals surface area contributed by atoms with Crippen LogP contribution in [0.25, 0.3) is 0 Å². The van der Waals surface area contributed by atoms with Crippen molar-refractivity contribution in [1.29, 1.82) is 0 Å². The van der Waals surface area contributed by atoms with Gasteiger partial charge in [-0.15, -0.1) is 0 Å². The molecule has 1 amide bonds. The number of ether oxygens (including phenoxy) is 1. The SMILES string of the molecule is CCCn1c(N)c(N(CCOC)C(=O)Cc2ccc(Cl)cc2Cl)c(=O)[nH]c1=O. The Morgan fingerprint density at radius 2 is 2.04 bits per heavy atom. The van der Waals surface area contributed by atoms with E-state index in [4.69, 9.17) is 33.7 Å². The van der Waals surface area contributed by atoms with Crippen molar-refractivity contribution < 1.29 is 9.53 Å². The fraction of sp³-hybridized carbons (Fsp3) is 0.389. The average molecular weight is 429 g/mol. The zero-order valence-electron chi connectivity index (χ0n) is 15.6. The Morgan fingerprint density at radius 3 is 2.64 bits per heavy atom. The maximum absolute atomic E-state index is 13.0. The smallest absolute Gasteiger partial charge is 0.330 e. The molecule has 0 aliphatic rings. The molecule has 2 aromatic rings. The highest BCUT2D eigenvalue weighted by Crippen LogP contribution is 2.23. The maximum Gasteiger partial charge on any atom is 0.330 e. The van der Waals surface area contributed by atoms with Gasteiger partial charge in [0.05, 0.1) is 13.0 Å². The van der Waals surface area contributed by atoms with Gasteiger partial charge in [-0.05, 0) is 24.1 Å². The molecule has 1 aromatic heterocycles. The summed E-state index contributed by atoms with van der Waals surface area (Å²) in [6, 6.07) is 4.80. The van der Waals surface area contributed by atoms with Crippen LogP contribution in [0.2, 0.25) is 10.0 Å². The first-order chi connectivity index (χ1) is 13.3. The quantitative estimate of drug-likeness (QED) is 0.668. The highest BCUT2D eigenvalue weighted by Gasteiger charge is 2.24. The van der Waals surface area contributed by atoms with Crippen molar-refractivity contribution in [2.45, 2.75) is 26.3 Å². The van der Waals surface area contributed by atoms with Crippen LogP contribution >= 0.6 is 23.2 Å². The lowest BCUT2D eigenvalue weighted by molar-refractivity contribution is -0.118. The number of H-pyrrole nitrogens is 1. The van der Waals surface area contributed by atoms with Crippen LogP contribution < -0.4 is 21.9 Å². The van der Waals surface area contributed by atoms with E-state index in [-0.39, 0.29) is 31.1 Å². The monoisotopic (exact) mass is 428 g/mol. The summed E-state index contributed by atoms with van der Waals surface area (Å²) in [5, 5.41) is 0.787. The highest BCUT2D eigenvalue weighted by atomic mass is 35.5. The summed E-state index contributed by atoms with van der Waals surface area (Å²) in [7, 11) is 1.48. The molecule has 0 aliphatic heterocycles. The zero-order valence-corrected chi connectivity index (χ0v) is 17.1. The number of hydrogen-bond donors (Lipinski definition) is 2. The van der Waals surface area contributed by atoms with Gasteiger partial charge in [-0.25, -0.2) is 4.79 Å². The van der Waals surface area contributed by atoms with Gasteiger partial charge < -0.3 is 15.4 Å². The molecule has 0 aliphatic carbocycles. The molecule has 8 nitrogen and oxygen atoms in total. The topological polar surface area (TPSA) is 110 Å². The van der Waals surface area contributed by atoms with Gasteiger partial charge in [-0.3, -0.25) is 19.1 Å². The number of rotatable bonds is 8. The van der Waals surface area contributed by atoms with Gasteiger partial charge in [-0.1, -0.05) is 36.2 Å².